The van der Waals surface area contributed by atoms with Crippen LogP contribution in [0.2, 0.25) is 0 Å². The van der Waals surface area contributed by atoms with Gasteiger partial charge in [0.15, 0.2) is 0 Å². The zero-order chi connectivity index (χ0) is 67.8. The van der Waals surface area contributed by atoms with Gasteiger partial charge in [0.2, 0.25) is 0 Å². The molecule has 0 N–H and O–H groups in total. The average Bonchev–Trinajstić information content (AvgIpc) is 1.58. The Hall–Kier alpha value is -10.3. The normalized spacial score (nSPS) is 16.8. The largest absolute Gasteiger partial charge is 0.523 e. The molecule has 0 unspecified atom stereocenters. The fourth-order valence-electron chi connectivity index (χ4n) is 11.0. The van der Waals surface area contributed by atoms with Gasteiger partial charge in [-0.25, -0.2) is 10.2 Å². The van der Waals surface area contributed by atoms with E-state index in [1.807, 2.05) is 199 Å². The van der Waals surface area contributed by atoms with Gasteiger partial charge in [0.05, 0.1) is 73.1 Å². The number of nitriles is 2. The summed E-state index contributed by atoms with van der Waals surface area (Å²) in [6.07, 6.45) is 27.5. The molecule has 0 spiro atoms. The van der Waals surface area contributed by atoms with Gasteiger partial charge in [0.1, 0.15) is 0 Å². The molecular formula is C73H63N25Os4-12. The second kappa shape index (κ2) is 34.4. The van der Waals surface area contributed by atoms with Gasteiger partial charge >= 0.3 is 0 Å². The van der Waals surface area contributed by atoms with Crippen molar-refractivity contribution in [2.24, 2.45) is 20.4 Å². The van der Waals surface area contributed by atoms with Crippen LogP contribution in [-0.4, -0.2) is 114 Å². The first-order valence-corrected chi connectivity index (χ1v) is 30.9. The fraction of sp³-hybridized carbons (Fsp3) is 0.137. The molecule has 102 heavy (non-hydrogen) atoms. The van der Waals surface area contributed by atoms with E-state index in [1.54, 1.807) is 57.5 Å². The van der Waals surface area contributed by atoms with Crippen molar-refractivity contribution in [3.8, 4) is 12.1 Å². The monoisotopic (exact) mass is 2060 g/mol. The van der Waals surface area contributed by atoms with Gasteiger partial charge in [-0.05, 0) is 126 Å². The van der Waals surface area contributed by atoms with Gasteiger partial charge in [-0.15, -0.1) is 135 Å². The summed E-state index contributed by atoms with van der Waals surface area (Å²) in [5.74, 6) is 0. The Morgan fingerprint density at radius 2 is 0.833 bits per heavy atom. The van der Waals surface area contributed by atoms with Crippen LogP contribution in [0.4, 0.5) is 68.2 Å². The van der Waals surface area contributed by atoms with Crippen LogP contribution in [0, 0.1) is 127 Å². The third-order valence-electron chi connectivity index (χ3n) is 16.0. The number of nitrogens with zero attached hydrogens (tertiary/aromatic N) is 25. The molecule has 16 rings (SSSR count). The minimum absolute atomic E-state index is 0. The molecule has 2 saturated heterocycles. The minimum atomic E-state index is 0. The molecule has 0 bridgehead atoms. The van der Waals surface area contributed by atoms with Crippen LogP contribution in [0.25, 0.3) is 9.69 Å². The Bertz CT molecular complexity index is 4230. The summed E-state index contributed by atoms with van der Waals surface area (Å²) in [5, 5.41) is 41.8. The van der Waals surface area contributed by atoms with Crippen molar-refractivity contribution in [3.05, 3.63) is 287 Å². The molecule has 524 valence electrons. The Kier molecular flexibility index (Phi) is 25.6. The summed E-state index contributed by atoms with van der Waals surface area (Å²) in [7, 11) is 7.53. The SMILES string of the molecule is Cc1nc(C)c(N2[CH-]N(C)C=N2)[c-]c1N1[CH-]N(C)C=N1.[C-]#[N+]c1cc(N2C=NN(C)[CH-]2)[c-]c(N2C=NN(C)[CH-]2)c1.[C-]#[N+]c1cc(N2[CH-]N(c3ccc(C#N)cc3)CC2)[c-]c(N2[CH-]N(c3ccc(C#N)cc3)CC2)c1.[Os].[Os].[Os].[Os].[c-]1c(N2C=C3C=CC=CN3[CH-]2)cccc1N1C=C2C=CC=CN2[CH-]1. The van der Waals surface area contributed by atoms with E-state index in [9.17, 15) is 0 Å². The third kappa shape index (κ3) is 17.7. The van der Waals surface area contributed by atoms with Crippen LogP contribution in [0.1, 0.15) is 22.5 Å². The molecular weight excluding hydrogens is 1990 g/mol. The van der Waals surface area contributed by atoms with Crippen LogP contribution in [0.5, 0.6) is 0 Å². The summed E-state index contributed by atoms with van der Waals surface area (Å²) in [4.78, 5) is 36.0. The Morgan fingerprint density at radius 3 is 1.21 bits per heavy atom. The molecule has 29 heteroatoms. The molecule has 0 atom stereocenters. The Balaban J connectivity index is 0.000000160. The smallest absolute Gasteiger partial charge is 0.0991 e. The fourth-order valence-corrected chi connectivity index (χ4v) is 11.0. The van der Waals surface area contributed by atoms with E-state index in [4.69, 9.17) is 23.7 Å². The van der Waals surface area contributed by atoms with Crippen molar-refractivity contribution in [1.29, 1.82) is 10.5 Å². The number of hydrazone groups is 4. The number of hydrogen-bond acceptors (Lipinski definition) is 23. The maximum absolute atomic E-state index is 9.02. The van der Waals surface area contributed by atoms with E-state index in [1.165, 1.54) is 0 Å². The molecule has 11 heterocycles. The first-order valence-electron chi connectivity index (χ1n) is 30.9. The molecule has 25 nitrogen and oxygen atoms in total. The van der Waals surface area contributed by atoms with E-state index in [0.717, 1.165) is 106 Å². The summed E-state index contributed by atoms with van der Waals surface area (Å²) >= 11 is 0. The predicted octanol–water partition coefficient (Wildman–Crippen LogP) is 11.3. The number of benzene rings is 5. The number of hydrogen-bond donors (Lipinski definition) is 0. The van der Waals surface area contributed by atoms with E-state index >= 15 is 0 Å². The minimum Gasteiger partial charge on any atom is -0.523 e. The van der Waals surface area contributed by atoms with E-state index in [2.05, 4.69) is 167 Å². The Labute approximate surface area is 649 Å². The molecule has 2 fully saturated rings. The Morgan fingerprint density at radius 1 is 0.431 bits per heavy atom. The number of allylic oxidation sites excluding steroid dienone is 6. The van der Waals surface area contributed by atoms with Crippen molar-refractivity contribution in [2.45, 2.75) is 13.8 Å². The molecule has 10 aliphatic rings. The quantitative estimate of drug-likeness (QED) is 0.119. The van der Waals surface area contributed by atoms with Crippen LogP contribution in [-0.2, 0) is 79.2 Å². The van der Waals surface area contributed by atoms with Crippen molar-refractivity contribution >= 4 is 93.6 Å². The van der Waals surface area contributed by atoms with Crippen LogP contribution < -0.4 is 49.2 Å². The maximum atomic E-state index is 9.02. The average molecular weight is 2050 g/mol. The summed E-state index contributed by atoms with van der Waals surface area (Å²) in [6.45, 7) is 37.4. The van der Waals surface area contributed by atoms with Gasteiger partial charge in [-0.1, -0.05) is 48.8 Å². The van der Waals surface area contributed by atoms with E-state index in [-0.39, 0.29) is 79.2 Å². The number of fused-ring (bicyclic) bond motifs is 2. The molecule has 5 aromatic carbocycles. The second-order valence-electron chi connectivity index (χ2n) is 23.0. The molecule has 0 amide bonds. The third-order valence-corrected chi connectivity index (χ3v) is 16.0. The van der Waals surface area contributed by atoms with Gasteiger partial charge < -0.3 is 83.8 Å². The van der Waals surface area contributed by atoms with Gasteiger partial charge in [0.25, 0.3) is 0 Å². The van der Waals surface area contributed by atoms with E-state index < -0.39 is 0 Å². The van der Waals surface area contributed by atoms with Crippen molar-refractivity contribution in [1.82, 2.24) is 34.6 Å². The van der Waals surface area contributed by atoms with Crippen molar-refractivity contribution in [2.75, 3.05) is 104 Å². The van der Waals surface area contributed by atoms with E-state index in [0.29, 0.717) is 22.5 Å². The molecule has 1 aromatic heterocycles. The molecule has 10 aliphatic heterocycles. The standard InChI is InChI=1S/C27H20N7.C20H15N4.C13H12N7.C13H16N7.4Os/c1-30-23-14-26(33-12-10-31(19-33)24-6-2-21(17-28)3-7-24)16-27(15-23)34-13-11-32(20-34)25-8-4-22(18-29)5-9-25;1-3-10-21-15-23(13-19(21)6-1)17-8-5-9-18(12-17)24-14-20-7-2-4-11-22(20)16-24;1-14-11-4-12(19-7-15-17(2)9-19)6-13(5-11)20-8-16-18(3)10-20;1-10-12(19-8-17(3)6-14-19)5-13(11(2)16-10)20-9-18(4)7-15-20;;;;/h2-9,14-15,19-20H,10-13H2;1-11,13-16H;4-5,7-10H,2-3H3;6-9H,1-4H3;;;;/q4*-3;;;;. The summed E-state index contributed by atoms with van der Waals surface area (Å²) < 4.78 is 0. The van der Waals surface area contributed by atoms with Gasteiger partial charge in [-0.3, -0.25) is 9.69 Å². The van der Waals surface area contributed by atoms with Crippen molar-refractivity contribution < 1.29 is 79.2 Å². The van der Waals surface area contributed by atoms with Gasteiger partial charge in [-0.2, -0.15) is 40.1 Å². The number of aryl methyl sites for hydroxylation is 2. The van der Waals surface area contributed by atoms with Gasteiger partial charge in [0, 0.05) is 128 Å². The number of pyridine rings is 1. The molecule has 0 radical (unpaired) electrons. The molecule has 0 aliphatic carbocycles. The molecule has 0 saturated carbocycles. The van der Waals surface area contributed by atoms with Crippen molar-refractivity contribution in [3.63, 3.8) is 0 Å². The first-order chi connectivity index (χ1) is 47.7. The number of aromatic nitrogens is 1. The number of rotatable bonds is 10. The summed E-state index contributed by atoms with van der Waals surface area (Å²) in [5.41, 5.74) is 15.4. The van der Waals surface area contributed by atoms with Crippen LogP contribution in [0.3, 0.4) is 0 Å². The number of anilines is 10. The maximum Gasteiger partial charge on any atom is 0.0991 e. The van der Waals surface area contributed by atoms with Crippen LogP contribution in [0.15, 0.2) is 184 Å². The first kappa shape index (κ1) is 75.9. The summed E-state index contributed by atoms with van der Waals surface area (Å²) in [6, 6.07) is 46.4. The predicted molar refractivity (Wildman–Crippen MR) is 383 cm³/mol. The topological polar surface area (TPSA) is 170 Å². The molecule has 6 aromatic rings. The zero-order valence-corrected chi connectivity index (χ0v) is 65.9. The second-order valence-corrected chi connectivity index (χ2v) is 23.0. The zero-order valence-electron chi connectivity index (χ0n) is 55.8. The van der Waals surface area contributed by atoms with Crippen LogP contribution >= 0.6 is 0 Å².